The van der Waals surface area contributed by atoms with E-state index in [2.05, 4.69) is 12.1 Å². The van der Waals surface area contributed by atoms with Crippen LogP contribution in [0.2, 0.25) is 0 Å². The van der Waals surface area contributed by atoms with Crippen molar-refractivity contribution < 1.29 is 9.90 Å². The van der Waals surface area contributed by atoms with Crippen LogP contribution in [0, 0.1) is 0 Å². The summed E-state index contributed by atoms with van der Waals surface area (Å²) < 4.78 is 0. The third-order valence-electron chi connectivity index (χ3n) is 2.33. The van der Waals surface area contributed by atoms with Gasteiger partial charge in [0.25, 0.3) is 0 Å². The number of likely N-dealkylation sites (N-methyl/N-ethyl adjacent to an activating group) is 1. The van der Waals surface area contributed by atoms with Gasteiger partial charge in [-0.2, -0.15) is 0 Å². The van der Waals surface area contributed by atoms with Crippen molar-refractivity contribution in [2.45, 2.75) is 12.8 Å². The van der Waals surface area contributed by atoms with E-state index in [4.69, 9.17) is 5.11 Å². The molecule has 0 aliphatic carbocycles. The first-order valence-corrected chi connectivity index (χ1v) is 5.13. The van der Waals surface area contributed by atoms with Crippen LogP contribution >= 0.6 is 0 Å². The van der Waals surface area contributed by atoms with Crippen LogP contribution in [0.4, 0.5) is 0 Å². The van der Waals surface area contributed by atoms with Gasteiger partial charge >= 0.3 is 5.97 Å². The predicted octanol–water partition coefficient (Wildman–Crippen LogP) is 1.64. The molecule has 0 saturated carbocycles. The van der Waals surface area contributed by atoms with E-state index in [9.17, 15) is 4.79 Å². The van der Waals surface area contributed by atoms with Gasteiger partial charge in [0.05, 0.1) is 6.42 Å². The molecule has 15 heavy (non-hydrogen) atoms. The van der Waals surface area contributed by atoms with Crippen molar-refractivity contribution in [3.05, 3.63) is 35.9 Å². The molecule has 0 radical (unpaired) electrons. The molecule has 0 amide bonds. The Morgan fingerprint density at radius 1 is 1.27 bits per heavy atom. The number of aliphatic carboxylic acids is 1. The Hall–Kier alpha value is -1.35. The third-order valence-corrected chi connectivity index (χ3v) is 2.33. The maximum atomic E-state index is 10.4. The van der Waals surface area contributed by atoms with E-state index in [0.29, 0.717) is 6.54 Å². The zero-order valence-electron chi connectivity index (χ0n) is 9.02. The van der Waals surface area contributed by atoms with Gasteiger partial charge in [0.15, 0.2) is 0 Å². The zero-order valence-corrected chi connectivity index (χ0v) is 9.02. The van der Waals surface area contributed by atoms with E-state index in [1.54, 1.807) is 0 Å². The second kappa shape index (κ2) is 6.19. The summed E-state index contributed by atoms with van der Waals surface area (Å²) in [5, 5.41) is 8.52. The molecule has 0 aromatic heterocycles. The molecule has 0 spiro atoms. The quantitative estimate of drug-likeness (QED) is 0.770. The van der Waals surface area contributed by atoms with Gasteiger partial charge in [-0.05, 0) is 19.0 Å². The molecule has 82 valence electrons. The molecule has 0 bridgehead atoms. The standard InChI is InChI=1S/C12H17NO2/c1-13(10-8-12(14)15)9-7-11-5-3-2-4-6-11/h2-6H,7-10H2,1H3,(H,14,15). The van der Waals surface area contributed by atoms with Gasteiger partial charge in [0.1, 0.15) is 0 Å². The highest BCUT2D eigenvalue weighted by atomic mass is 16.4. The summed E-state index contributed by atoms with van der Waals surface area (Å²) in [7, 11) is 1.95. The number of benzene rings is 1. The first-order valence-electron chi connectivity index (χ1n) is 5.13. The van der Waals surface area contributed by atoms with Gasteiger partial charge in [0.2, 0.25) is 0 Å². The number of carboxylic acid groups (broad SMARTS) is 1. The normalized spacial score (nSPS) is 10.5. The Labute approximate surface area is 90.3 Å². The summed E-state index contributed by atoms with van der Waals surface area (Å²) >= 11 is 0. The highest BCUT2D eigenvalue weighted by Gasteiger charge is 2.02. The van der Waals surface area contributed by atoms with Gasteiger partial charge < -0.3 is 10.0 Å². The maximum absolute atomic E-state index is 10.4. The molecule has 0 fully saturated rings. The average molecular weight is 207 g/mol. The molecule has 1 rings (SSSR count). The summed E-state index contributed by atoms with van der Waals surface area (Å²) in [6, 6.07) is 10.2. The summed E-state index contributed by atoms with van der Waals surface area (Å²) in [5.41, 5.74) is 1.29. The lowest BCUT2D eigenvalue weighted by atomic mass is 10.1. The van der Waals surface area contributed by atoms with Gasteiger partial charge in [-0.25, -0.2) is 0 Å². The highest BCUT2D eigenvalue weighted by molar-refractivity contribution is 5.66. The van der Waals surface area contributed by atoms with Crippen molar-refractivity contribution >= 4 is 5.97 Å². The predicted molar refractivity (Wildman–Crippen MR) is 59.9 cm³/mol. The van der Waals surface area contributed by atoms with Crippen LogP contribution in [-0.2, 0) is 11.2 Å². The van der Waals surface area contributed by atoms with Crippen molar-refractivity contribution in [3.8, 4) is 0 Å². The average Bonchev–Trinajstić information content (AvgIpc) is 2.25. The second-order valence-electron chi connectivity index (χ2n) is 3.68. The number of carbonyl (C=O) groups is 1. The lowest BCUT2D eigenvalue weighted by Crippen LogP contribution is -2.24. The number of nitrogens with zero attached hydrogens (tertiary/aromatic N) is 1. The minimum Gasteiger partial charge on any atom is -0.481 e. The largest absolute Gasteiger partial charge is 0.481 e. The van der Waals surface area contributed by atoms with Crippen LogP contribution in [-0.4, -0.2) is 36.1 Å². The monoisotopic (exact) mass is 207 g/mol. The van der Waals surface area contributed by atoms with E-state index >= 15 is 0 Å². The molecule has 1 N–H and O–H groups in total. The van der Waals surface area contributed by atoms with Crippen LogP contribution in [0.5, 0.6) is 0 Å². The number of carboxylic acids is 1. The van der Waals surface area contributed by atoms with Crippen molar-refractivity contribution in [1.29, 1.82) is 0 Å². The number of hydrogen-bond acceptors (Lipinski definition) is 2. The van der Waals surface area contributed by atoms with E-state index in [0.717, 1.165) is 13.0 Å². The molecule has 0 heterocycles. The molecular formula is C12H17NO2. The van der Waals surface area contributed by atoms with Gasteiger partial charge in [-0.3, -0.25) is 4.79 Å². The SMILES string of the molecule is CN(CCC(=O)O)CCc1ccccc1. The molecule has 0 saturated heterocycles. The van der Waals surface area contributed by atoms with Crippen LogP contribution < -0.4 is 0 Å². The number of rotatable bonds is 6. The molecule has 1 aromatic rings. The molecule has 3 nitrogen and oxygen atoms in total. The second-order valence-corrected chi connectivity index (χ2v) is 3.68. The lowest BCUT2D eigenvalue weighted by molar-refractivity contribution is -0.137. The smallest absolute Gasteiger partial charge is 0.304 e. The molecule has 3 heteroatoms. The van der Waals surface area contributed by atoms with E-state index in [1.807, 2.05) is 30.1 Å². The van der Waals surface area contributed by atoms with Gasteiger partial charge in [-0.15, -0.1) is 0 Å². The topological polar surface area (TPSA) is 40.5 Å². The third kappa shape index (κ3) is 5.18. The molecule has 0 atom stereocenters. The Kier molecular flexibility index (Phi) is 4.84. The van der Waals surface area contributed by atoms with Crippen LogP contribution in [0.25, 0.3) is 0 Å². The first-order chi connectivity index (χ1) is 7.18. The van der Waals surface area contributed by atoms with E-state index < -0.39 is 5.97 Å². The van der Waals surface area contributed by atoms with Crippen LogP contribution in [0.1, 0.15) is 12.0 Å². The van der Waals surface area contributed by atoms with Crippen molar-refractivity contribution in [1.82, 2.24) is 4.90 Å². The fraction of sp³-hybridized carbons (Fsp3) is 0.417. The first kappa shape index (κ1) is 11.7. The maximum Gasteiger partial charge on any atom is 0.304 e. The molecule has 0 unspecified atom stereocenters. The Morgan fingerprint density at radius 3 is 2.53 bits per heavy atom. The summed E-state index contributed by atoms with van der Waals surface area (Å²) in [6.07, 6.45) is 1.18. The van der Waals surface area contributed by atoms with Crippen molar-refractivity contribution in [3.63, 3.8) is 0 Å². The summed E-state index contributed by atoms with van der Waals surface area (Å²) in [4.78, 5) is 12.4. The van der Waals surface area contributed by atoms with Gasteiger partial charge in [-0.1, -0.05) is 30.3 Å². The van der Waals surface area contributed by atoms with Crippen LogP contribution in [0.3, 0.4) is 0 Å². The van der Waals surface area contributed by atoms with Crippen molar-refractivity contribution in [2.75, 3.05) is 20.1 Å². The fourth-order valence-corrected chi connectivity index (χ4v) is 1.36. The fourth-order valence-electron chi connectivity index (χ4n) is 1.36. The Balaban J connectivity index is 2.22. The van der Waals surface area contributed by atoms with Crippen LogP contribution in [0.15, 0.2) is 30.3 Å². The zero-order chi connectivity index (χ0) is 11.1. The lowest BCUT2D eigenvalue weighted by Gasteiger charge is -2.14. The summed E-state index contributed by atoms with van der Waals surface area (Å²) in [5.74, 6) is -0.735. The highest BCUT2D eigenvalue weighted by Crippen LogP contribution is 2.00. The minimum absolute atomic E-state index is 0.214. The molecule has 0 aliphatic rings. The summed E-state index contributed by atoms with van der Waals surface area (Å²) in [6.45, 7) is 1.51. The van der Waals surface area contributed by atoms with Gasteiger partial charge in [0, 0.05) is 13.1 Å². The van der Waals surface area contributed by atoms with Crippen molar-refractivity contribution in [2.24, 2.45) is 0 Å². The van der Waals surface area contributed by atoms with E-state index in [-0.39, 0.29) is 6.42 Å². The molecule has 1 aromatic carbocycles. The minimum atomic E-state index is -0.735. The Bertz CT molecular complexity index is 298. The molecule has 0 aliphatic heterocycles. The van der Waals surface area contributed by atoms with E-state index in [1.165, 1.54) is 5.56 Å². The molecular weight excluding hydrogens is 190 g/mol. The number of hydrogen-bond donors (Lipinski definition) is 1. The Morgan fingerprint density at radius 2 is 1.93 bits per heavy atom.